The molecule has 0 N–H and O–H groups in total. The highest BCUT2D eigenvalue weighted by molar-refractivity contribution is 7.34. The van der Waals surface area contributed by atoms with Gasteiger partial charge in [-0.25, -0.2) is 17.8 Å². The van der Waals surface area contributed by atoms with Crippen molar-refractivity contribution in [3.63, 3.8) is 0 Å². The minimum absolute atomic E-state index is 0.222. The van der Waals surface area contributed by atoms with Gasteiger partial charge in [-0.2, -0.15) is 0 Å². The van der Waals surface area contributed by atoms with Crippen LogP contribution in [0.4, 0.5) is 8.78 Å². The largest absolute Gasteiger partial charge is 0.805 e. The number of hydrogen-bond donors (Lipinski definition) is 0. The predicted octanol–water partition coefficient (Wildman–Crippen LogP) is 4.08. The highest BCUT2D eigenvalue weighted by Gasteiger charge is 2.23. The van der Waals surface area contributed by atoms with Gasteiger partial charge in [-0.1, -0.05) is 0 Å². The average molecular weight is 269 g/mol. The van der Waals surface area contributed by atoms with Gasteiger partial charge in [0.05, 0.1) is 0 Å². The van der Waals surface area contributed by atoms with Crippen molar-refractivity contribution in [3.8, 4) is 11.5 Å². The summed E-state index contributed by atoms with van der Waals surface area (Å²) in [6.07, 6.45) is 0. The van der Waals surface area contributed by atoms with Crippen molar-refractivity contribution < 1.29 is 22.4 Å². The molecule has 6 heteroatoms. The lowest BCUT2D eigenvalue weighted by atomic mass is 10.3. The van der Waals surface area contributed by atoms with E-state index in [0.29, 0.717) is 0 Å². The fourth-order valence-corrected chi connectivity index (χ4v) is 1.81. The van der Waals surface area contributed by atoms with Crippen molar-refractivity contribution in [2.75, 3.05) is 0 Å². The van der Waals surface area contributed by atoms with Crippen LogP contribution in [0.1, 0.15) is 0 Å². The summed E-state index contributed by atoms with van der Waals surface area (Å²) in [5.41, 5.74) is 0. The van der Waals surface area contributed by atoms with E-state index in [-0.39, 0.29) is 11.5 Å². The van der Waals surface area contributed by atoms with Gasteiger partial charge in [0.15, 0.2) is 11.5 Å². The molecule has 0 radical (unpaired) electrons. The van der Waals surface area contributed by atoms with E-state index in [9.17, 15) is 13.3 Å². The molecule has 2 aromatic rings. The van der Waals surface area contributed by atoms with Gasteiger partial charge in [-0.15, -0.1) is 0 Å². The quantitative estimate of drug-likeness (QED) is 0.784. The van der Waals surface area contributed by atoms with Gasteiger partial charge in [-0.05, 0) is 48.5 Å². The van der Waals surface area contributed by atoms with Crippen LogP contribution in [0.25, 0.3) is 0 Å². The van der Waals surface area contributed by atoms with E-state index >= 15 is 0 Å². The molecule has 0 amide bonds. The first-order chi connectivity index (χ1) is 8.63. The number of rotatable bonds is 4. The molecule has 2 aromatic carbocycles. The Morgan fingerprint density at radius 1 is 0.722 bits per heavy atom. The molecular formula is C12H8F2O3P+. The van der Waals surface area contributed by atoms with Crippen LogP contribution in [-0.4, -0.2) is 0 Å². The van der Waals surface area contributed by atoms with Crippen molar-refractivity contribution in [1.82, 2.24) is 0 Å². The Hall–Kier alpha value is -2.00. The van der Waals surface area contributed by atoms with E-state index in [1.54, 1.807) is 0 Å². The Morgan fingerprint density at radius 2 is 1.06 bits per heavy atom. The zero-order chi connectivity index (χ0) is 13.0. The highest BCUT2D eigenvalue weighted by Crippen LogP contribution is 2.30. The maximum Gasteiger partial charge on any atom is 0.805 e. The van der Waals surface area contributed by atoms with E-state index in [0.717, 1.165) is 0 Å². The molecule has 18 heavy (non-hydrogen) atoms. The molecule has 0 bridgehead atoms. The number of halogens is 2. The van der Waals surface area contributed by atoms with Gasteiger partial charge in [0.1, 0.15) is 11.6 Å². The third-order valence-electron chi connectivity index (χ3n) is 1.99. The molecule has 0 spiro atoms. The Morgan fingerprint density at radius 3 is 1.39 bits per heavy atom. The van der Waals surface area contributed by atoms with Crippen LogP contribution < -0.4 is 9.05 Å². The monoisotopic (exact) mass is 269 g/mol. The summed E-state index contributed by atoms with van der Waals surface area (Å²) in [7, 11) is -2.45. The van der Waals surface area contributed by atoms with Crippen LogP contribution in [0.5, 0.6) is 11.5 Å². The topological polar surface area (TPSA) is 35.5 Å². The summed E-state index contributed by atoms with van der Waals surface area (Å²) in [6, 6.07) is 10.0. The van der Waals surface area contributed by atoms with Gasteiger partial charge in [-0.3, -0.25) is 0 Å². The van der Waals surface area contributed by atoms with Crippen molar-refractivity contribution in [3.05, 3.63) is 60.2 Å². The lowest BCUT2D eigenvalue weighted by Crippen LogP contribution is -1.89. The second kappa shape index (κ2) is 5.56. The molecule has 0 saturated heterocycles. The van der Waals surface area contributed by atoms with Gasteiger partial charge in [0, 0.05) is 4.57 Å². The van der Waals surface area contributed by atoms with Crippen LogP contribution in [0, 0.1) is 11.6 Å². The zero-order valence-corrected chi connectivity index (χ0v) is 9.94. The summed E-state index contributed by atoms with van der Waals surface area (Å²) in [6.45, 7) is 0. The average Bonchev–Trinajstić information content (AvgIpc) is 2.35. The standard InChI is InChI=1S/C12H8F2O3P/c13-9-1-5-11(6-2-9)16-18(15)17-12-7-3-10(14)4-8-12/h1-8H/q+1. The van der Waals surface area contributed by atoms with Crippen molar-refractivity contribution in [1.29, 1.82) is 0 Å². The van der Waals surface area contributed by atoms with E-state index in [2.05, 4.69) is 0 Å². The zero-order valence-electron chi connectivity index (χ0n) is 9.05. The lowest BCUT2D eigenvalue weighted by molar-refractivity contribution is 0.414. The molecule has 3 nitrogen and oxygen atoms in total. The Kier molecular flexibility index (Phi) is 3.85. The molecule has 0 fully saturated rings. The van der Waals surface area contributed by atoms with Gasteiger partial charge in [0.2, 0.25) is 0 Å². The summed E-state index contributed by atoms with van der Waals surface area (Å²) in [5.74, 6) is -0.395. The first kappa shape index (κ1) is 12.5. The second-order valence-electron chi connectivity index (χ2n) is 3.31. The summed E-state index contributed by atoms with van der Waals surface area (Å²) >= 11 is 0. The first-order valence-corrected chi connectivity index (χ1v) is 6.07. The summed E-state index contributed by atoms with van der Waals surface area (Å²) in [5, 5.41) is 0. The molecule has 92 valence electrons. The summed E-state index contributed by atoms with van der Waals surface area (Å²) in [4.78, 5) is 0. The fourth-order valence-electron chi connectivity index (χ4n) is 1.18. The second-order valence-corrected chi connectivity index (χ2v) is 4.13. The van der Waals surface area contributed by atoms with E-state index in [1.807, 2.05) is 0 Å². The Labute approximate surface area is 103 Å². The maximum absolute atomic E-state index is 12.6. The molecule has 0 atom stereocenters. The van der Waals surface area contributed by atoms with Gasteiger partial charge >= 0.3 is 8.25 Å². The first-order valence-electron chi connectivity index (χ1n) is 4.98. The molecule has 0 heterocycles. The van der Waals surface area contributed by atoms with Gasteiger partial charge < -0.3 is 0 Å². The fraction of sp³-hybridized carbons (Fsp3) is 0. The number of hydrogen-bond acceptors (Lipinski definition) is 3. The predicted molar refractivity (Wildman–Crippen MR) is 61.7 cm³/mol. The minimum atomic E-state index is -2.45. The van der Waals surface area contributed by atoms with E-state index in [4.69, 9.17) is 9.05 Å². The van der Waals surface area contributed by atoms with Crippen LogP contribution in [0.3, 0.4) is 0 Å². The molecule has 0 aliphatic rings. The smallest absolute Gasteiger partial charge is 0.222 e. The van der Waals surface area contributed by atoms with Crippen LogP contribution in [0.15, 0.2) is 48.5 Å². The Bertz CT molecular complexity index is 491. The molecule has 0 aliphatic heterocycles. The van der Waals surface area contributed by atoms with Crippen molar-refractivity contribution in [2.24, 2.45) is 0 Å². The van der Waals surface area contributed by atoms with Crippen molar-refractivity contribution >= 4 is 8.25 Å². The SMILES string of the molecule is O=[P+](Oc1ccc(F)cc1)Oc1ccc(F)cc1. The van der Waals surface area contributed by atoms with Gasteiger partial charge in [0.25, 0.3) is 0 Å². The van der Waals surface area contributed by atoms with Crippen LogP contribution >= 0.6 is 8.25 Å². The maximum atomic E-state index is 12.6. The molecule has 2 rings (SSSR count). The highest BCUT2D eigenvalue weighted by atomic mass is 31.1. The van der Waals surface area contributed by atoms with E-state index in [1.165, 1.54) is 48.5 Å². The van der Waals surface area contributed by atoms with E-state index < -0.39 is 19.9 Å². The number of benzene rings is 2. The van der Waals surface area contributed by atoms with Crippen LogP contribution in [-0.2, 0) is 4.57 Å². The molecule has 0 unspecified atom stereocenters. The minimum Gasteiger partial charge on any atom is -0.222 e. The summed E-state index contributed by atoms with van der Waals surface area (Å²) < 4.78 is 46.6. The van der Waals surface area contributed by atoms with Crippen molar-refractivity contribution in [2.45, 2.75) is 0 Å². The molecule has 0 saturated carbocycles. The molecular weight excluding hydrogens is 261 g/mol. The normalized spacial score (nSPS) is 9.89. The van der Waals surface area contributed by atoms with Crippen LogP contribution in [0.2, 0.25) is 0 Å². The lowest BCUT2D eigenvalue weighted by Gasteiger charge is -1.94. The molecule has 0 aromatic heterocycles. The third-order valence-corrected chi connectivity index (χ3v) is 2.71. The molecule has 0 aliphatic carbocycles. The third kappa shape index (κ3) is 3.50. The Balaban J connectivity index is 1.96.